The molecule has 0 aliphatic heterocycles. The molecule has 1 aromatic rings. The number of hydrogen-bond donors (Lipinski definition) is 3. The van der Waals surface area contributed by atoms with Gasteiger partial charge < -0.3 is 15.6 Å². The van der Waals surface area contributed by atoms with E-state index in [0.717, 1.165) is 12.0 Å². The van der Waals surface area contributed by atoms with Gasteiger partial charge in [-0.2, -0.15) is 0 Å². The number of carbonyl (C=O) groups excluding carboxylic acids is 1. The van der Waals surface area contributed by atoms with E-state index in [0.29, 0.717) is 24.6 Å². The SMILES string of the molecule is CCc1c(NN)ncnc1NCCC(=O)N(C)C. The molecule has 0 saturated heterocycles. The van der Waals surface area contributed by atoms with Crippen LogP contribution in [0.1, 0.15) is 18.9 Å². The number of nitrogen functional groups attached to an aromatic ring is 1. The van der Waals surface area contributed by atoms with Crippen molar-refractivity contribution in [3.63, 3.8) is 0 Å². The standard InChI is InChI=1S/C11H20N6O/c1-4-8-10(14-7-15-11(8)16-12)13-6-5-9(18)17(2)3/h7H,4-6,12H2,1-3H3,(H2,13,14,15,16). The first-order valence-corrected chi connectivity index (χ1v) is 5.84. The van der Waals surface area contributed by atoms with E-state index in [1.807, 2.05) is 6.92 Å². The number of carbonyl (C=O) groups is 1. The highest BCUT2D eigenvalue weighted by Gasteiger charge is 2.09. The molecule has 7 heteroatoms. The summed E-state index contributed by atoms with van der Waals surface area (Å²) in [5, 5.41) is 3.13. The summed E-state index contributed by atoms with van der Waals surface area (Å²) >= 11 is 0. The van der Waals surface area contributed by atoms with Crippen LogP contribution in [0, 0.1) is 0 Å². The molecule has 0 unspecified atom stereocenters. The van der Waals surface area contributed by atoms with Gasteiger partial charge in [-0.1, -0.05) is 6.92 Å². The van der Waals surface area contributed by atoms with Crippen molar-refractivity contribution in [2.24, 2.45) is 5.84 Å². The van der Waals surface area contributed by atoms with Crippen molar-refractivity contribution in [2.45, 2.75) is 19.8 Å². The molecule has 0 aromatic carbocycles. The molecule has 0 aliphatic carbocycles. The molecular formula is C11H20N6O. The summed E-state index contributed by atoms with van der Waals surface area (Å²) in [5.41, 5.74) is 3.45. The van der Waals surface area contributed by atoms with Gasteiger partial charge in [0.2, 0.25) is 5.91 Å². The molecule has 18 heavy (non-hydrogen) atoms. The smallest absolute Gasteiger partial charge is 0.223 e. The molecule has 0 atom stereocenters. The van der Waals surface area contributed by atoms with Gasteiger partial charge in [0.1, 0.15) is 18.0 Å². The highest BCUT2D eigenvalue weighted by molar-refractivity contribution is 5.76. The monoisotopic (exact) mass is 252 g/mol. The van der Waals surface area contributed by atoms with Gasteiger partial charge in [-0.05, 0) is 6.42 Å². The third-order valence-corrected chi connectivity index (χ3v) is 2.57. The second kappa shape index (κ2) is 6.75. The van der Waals surface area contributed by atoms with Crippen LogP contribution >= 0.6 is 0 Å². The number of nitrogens with one attached hydrogen (secondary N) is 2. The molecule has 100 valence electrons. The van der Waals surface area contributed by atoms with Crippen LogP contribution in [0.5, 0.6) is 0 Å². The molecule has 0 bridgehead atoms. The fourth-order valence-corrected chi connectivity index (χ4v) is 1.54. The Bertz CT molecular complexity index is 407. The molecule has 1 aromatic heterocycles. The molecule has 7 nitrogen and oxygen atoms in total. The molecule has 1 rings (SSSR count). The van der Waals surface area contributed by atoms with Crippen molar-refractivity contribution in [3.8, 4) is 0 Å². The van der Waals surface area contributed by atoms with E-state index in [1.165, 1.54) is 6.33 Å². The highest BCUT2D eigenvalue weighted by Crippen LogP contribution is 2.19. The van der Waals surface area contributed by atoms with Gasteiger partial charge in [0, 0.05) is 32.6 Å². The first-order valence-electron chi connectivity index (χ1n) is 5.84. The maximum absolute atomic E-state index is 11.4. The van der Waals surface area contributed by atoms with Crippen LogP contribution in [0.2, 0.25) is 0 Å². The molecular weight excluding hydrogens is 232 g/mol. The minimum absolute atomic E-state index is 0.0757. The zero-order valence-corrected chi connectivity index (χ0v) is 11.0. The van der Waals surface area contributed by atoms with E-state index in [2.05, 4.69) is 20.7 Å². The number of nitrogens with two attached hydrogens (primary N) is 1. The predicted octanol–water partition coefficient (Wildman–Crippen LogP) is 0.215. The maximum Gasteiger partial charge on any atom is 0.223 e. The lowest BCUT2D eigenvalue weighted by atomic mass is 10.2. The van der Waals surface area contributed by atoms with E-state index < -0.39 is 0 Å². The Kier molecular flexibility index (Phi) is 5.31. The Morgan fingerprint density at radius 2 is 2.06 bits per heavy atom. The first-order chi connectivity index (χ1) is 8.60. The van der Waals surface area contributed by atoms with E-state index in [9.17, 15) is 4.79 Å². The predicted molar refractivity (Wildman–Crippen MR) is 71.0 cm³/mol. The van der Waals surface area contributed by atoms with Gasteiger partial charge in [0.05, 0.1) is 0 Å². The van der Waals surface area contributed by atoms with E-state index in [1.54, 1.807) is 19.0 Å². The summed E-state index contributed by atoms with van der Waals surface area (Å²) in [6.45, 7) is 2.53. The highest BCUT2D eigenvalue weighted by atomic mass is 16.2. The van der Waals surface area contributed by atoms with Crippen molar-refractivity contribution in [3.05, 3.63) is 11.9 Å². The molecule has 1 amide bonds. The second-order valence-corrected chi connectivity index (χ2v) is 4.01. The zero-order chi connectivity index (χ0) is 13.5. The quantitative estimate of drug-likeness (QED) is 0.495. The van der Waals surface area contributed by atoms with Crippen LogP contribution in [0.3, 0.4) is 0 Å². The molecule has 4 N–H and O–H groups in total. The van der Waals surface area contributed by atoms with Crippen LogP contribution in [0.15, 0.2) is 6.33 Å². The number of amides is 1. The lowest BCUT2D eigenvalue weighted by Gasteiger charge is -2.14. The summed E-state index contributed by atoms with van der Waals surface area (Å²) in [4.78, 5) is 21.2. The third-order valence-electron chi connectivity index (χ3n) is 2.57. The van der Waals surface area contributed by atoms with E-state index >= 15 is 0 Å². The summed E-state index contributed by atoms with van der Waals surface area (Å²) in [6.07, 6.45) is 2.61. The Morgan fingerprint density at radius 1 is 1.39 bits per heavy atom. The van der Waals surface area contributed by atoms with Gasteiger partial charge in [0.25, 0.3) is 0 Å². The fourth-order valence-electron chi connectivity index (χ4n) is 1.54. The lowest BCUT2D eigenvalue weighted by molar-refractivity contribution is -0.128. The van der Waals surface area contributed by atoms with Crippen LogP contribution in [-0.4, -0.2) is 41.4 Å². The number of rotatable bonds is 6. The summed E-state index contributed by atoms with van der Waals surface area (Å²) in [5.74, 6) is 6.78. The number of anilines is 2. The van der Waals surface area contributed by atoms with Crippen LogP contribution < -0.4 is 16.6 Å². The molecule has 0 aliphatic rings. The average molecular weight is 252 g/mol. The van der Waals surface area contributed by atoms with E-state index in [-0.39, 0.29) is 5.91 Å². The number of hydrogen-bond acceptors (Lipinski definition) is 6. The maximum atomic E-state index is 11.4. The molecule has 0 fully saturated rings. The van der Waals surface area contributed by atoms with Crippen LogP contribution in [0.25, 0.3) is 0 Å². The van der Waals surface area contributed by atoms with Crippen LogP contribution in [-0.2, 0) is 11.2 Å². The van der Waals surface area contributed by atoms with Crippen molar-refractivity contribution < 1.29 is 4.79 Å². The average Bonchev–Trinajstić information content (AvgIpc) is 2.37. The van der Waals surface area contributed by atoms with Crippen molar-refractivity contribution in [1.29, 1.82) is 0 Å². The van der Waals surface area contributed by atoms with Gasteiger partial charge in [-0.25, -0.2) is 15.8 Å². The van der Waals surface area contributed by atoms with Gasteiger partial charge >= 0.3 is 0 Å². The summed E-state index contributed by atoms with van der Waals surface area (Å²) < 4.78 is 0. The number of nitrogens with zero attached hydrogens (tertiary/aromatic N) is 3. The minimum atomic E-state index is 0.0757. The second-order valence-electron chi connectivity index (χ2n) is 4.01. The molecule has 0 radical (unpaired) electrons. The minimum Gasteiger partial charge on any atom is -0.369 e. The molecule has 0 spiro atoms. The van der Waals surface area contributed by atoms with Crippen molar-refractivity contribution in [1.82, 2.24) is 14.9 Å². The Labute approximate surface area is 107 Å². The number of aromatic nitrogens is 2. The third kappa shape index (κ3) is 3.56. The Balaban J connectivity index is 2.64. The summed E-state index contributed by atoms with van der Waals surface area (Å²) in [6, 6.07) is 0. The van der Waals surface area contributed by atoms with E-state index in [4.69, 9.17) is 5.84 Å². The summed E-state index contributed by atoms with van der Waals surface area (Å²) in [7, 11) is 3.47. The first kappa shape index (κ1) is 14.2. The normalized spacial score (nSPS) is 10.0. The number of hydrazine groups is 1. The van der Waals surface area contributed by atoms with Gasteiger partial charge in [-0.15, -0.1) is 0 Å². The van der Waals surface area contributed by atoms with Gasteiger partial charge in [-0.3, -0.25) is 4.79 Å². The van der Waals surface area contributed by atoms with Crippen molar-refractivity contribution in [2.75, 3.05) is 31.4 Å². The topological polar surface area (TPSA) is 96.2 Å². The molecule has 0 saturated carbocycles. The largest absolute Gasteiger partial charge is 0.369 e. The van der Waals surface area contributed by atoms with Gasteiger partial charge in [0.15, 0.2) is 0 Å². The fraction of sp³-hybridized carbons (Fsp3) is 0.545. The van der Waals surface area contributed by atoms with Crippen LogP contribution in [0.4, 0.5) is 11.6 Å². The Morgan fingerprint density at radius 3 is 2.61 bits per heavy atom. The van der Waals surface area contributed by atoms with Crippen molar-refractivity contribution >= 4 is 17.5 Å². The Hall–Kier alpha value is -1.89. The molecule has 1 heterocycles. The lowest BCUT2D eigenvalue weighted by Crippen LogP contribution is -2.24. The zero-order valence-electron chi connectivity index (χ0n) is 11.0.